The average Bonchev–Trinajstić information content (AvgIpc) is 2.30. The lowest BCUT2D eigenvalue weighted by Crippen LogP contribution is -2.10. The maximum atomic E-state index is 5.53. The van der Waals surface area contributed by atoms with E-state index in [1.54, 1.807) is 6.20 Å². The van der Waals surface area contributed by atoms with Gasteiger partial charge >= 0.3 is 0 Å². The molecule has 0 saturated carbocycles. The molecule has 0 aliphatic heterocycles. The van der Waals surface area contributed by atoms with Gasteiger partial charge in [0.05, 0.1) is 11.9 Å². The van der Waals surface area contributed by atoms with Crippen molar-refractivity contribution in [3.63, 3.8) is 0 Å². The van der Waals surface area contributed by atoms with Gasteiger partial charge in [-0.15, -0.1) is 0 Å². The van der Waals surface area contributed by atoms with E-state index >= 15 is 0 Å². The molecule has 1 rings (SSSR count). The molecular weight excluding hydrogens is 150 g/mol. The van der Waals surface area contributed by atoms with Crippen LogP contribution in [0.5, 0.6) is 0 Å². The Labute approximate surface area is 73.6 Å². The Morgan fingerprint density at radius 1 is 1.50 bits per heavy atom. The van der Waals surface area contributed by atoms with Gasteiger partial charge in [0.1, 0.15) is 0 Å². The van der Waals surface area contributed by atoms with Crippen molar-refractivity contribution in [2.45, 2.75) is 33.7 Å². The zero-order chi connectivity index (χ0) is 9.19. The van der Waals surface area contributed by atoms with Crippen LogP contribution in [0.1, 0.15) is 27.2 Å². The van der Waals surface area contributed by atoms with Crippen molar-refractivity contribution in [3.05, 3.63) is 12.4 Å². The third kappa shape index (κ3) is 2.95. The Bertz CT molecular complexity index is 245. The second-order valence-corrected chi connectivity index (χ2v) is 4.35. The molecule has 0 aromatic carbocycles. The van der Waals surface area contributed by atoms with Crippen LogP contribution >= 0.6 is 0 Å². The van der Waals surface area contributed by atoms with Crippen molar-refractivity contribution in [3.8, 4) is 0 Å². The highest BCUT2D eigenvalue weighted by Crippen LogP contribution is 2.19. The molecule has 0 radical (unpaired) electrons. The summed E-state index contributed by atoms with van der Waals surface area (Å²) in [5.41, 5.74) is 6.64. The topological polar surface area (TPSA) is 43.8 Å². The number of hydrogen-bond acceptors (Lipinski definition) is 2. The molecule has 0 atom stereocenters. The Hall–Kier alpha value is -0.990. The summed E-state index contributed by atoms with van der Waals surface area (Å²) in [4.78, 5) is 0. The molecule has 0 fully saturated rings. The van der Waals surface area contributed by atoms with Crippen molar-refractivity contribution >= 4 is 5.69 Å². The lowest BCUT2D eigenvalue weighted by Gasteiger charge is -2.17. The van der Waals surface area contributed by atoms with Gasteiger partial charge in [0.2, 0.25) is 0 Å². The number of nitrogens with two attached hydrogens (primary N) is 1. The van der Waals surface area contributed by atoms with Crippen molar-refractivity contribution in [1.29, 1.82) is 0 Å². The van der Waals surface area contributed by atoms with E-state index in [0.717, 1.165) is 18.7 Å². The van der Waals surface area contributed by atoms with E-state index in [4.69, 9.17) is 5.73 Å². The molecular formula is C9H17N3. The molecule has 1 heterocycles. The van der Waals surface area contributed by atoms with E-state index in [1.807, 2.05) is 10.9 Å². The zero-order valence-electron chi connectivity index (χ0n) is 8.04. The van der Waals surface area contributed by atoms with Crippen LogP contribution in [0.15, 0.2) is 12.4 Å². The lowest BCUT2D eigenvalue weighted by atomic mass is 9.92. The van der Waals surface area contributed by atoms with Crippen LogP contribution < -0.4 is 5.73 Å². The van der Waals surface area contributed by atoms with Gasteiger partial charge in [-0.25, -0.2) is 0 Å². The molecule has 1 aromatic rings. The summed E-state index contributed by atoms with van der Waals surface area (Å²) < 4.78 is 1.89. The van der Waals surface area contributed by atoms with Gasteiger partial charge in [-0.1, -0.05) is 20.8 Å². The number of aryl methyl sites for hydroxylation is 1. The first-order valence-corrected chi connectivity index (χ1v) is 4.25. The number of aromatic nitrogens is 2. The van der Waals surface area contributed by atoms with E-state index in [9.17, 15) is 0 Å². The quantitative estimate of drug-likeness (QED) is 0.731. The highest BCUT2D eigenvalue weighted by Gasteiger charge is 2.09. The van der Waals surface area contributed by atoms with Crippen LogP contribution in [0.3, 0.4) is 0 Å². The fourth-order valence-corrected chi connectivity index (χ4v) is 0.952. The first kappa shape index (κ1) is 9.10. The van der Waals surface area contributed by atoms with Gasteiger partial charge in [-0.3, -0.25) is 4.68 Å². The summed E-state index contributed by atoms with van der Waals surface area (Å²) in [6.45, 7) is 7.61. The van der Waals surface area contributed by atoms with Gasteiger partial charge in [0.15, 0.2) is 0 Å². The van der Waals surface area contributed by atoms with Crippen molar-refractivity contribution in [2.24, 2.45) is 5.41 Å². The van der Waals surface area contributed by atoms with Gasteiger partial charge < -0.3 is 5.73 Å². The van der Waals surface area contributed by atoms with Crippen molar-refractivity contribution in [1.82, 2.24) is 9.78 Å². The fraction of sp³-hybridized carbons (Fsp3) is 0.667. The monoisotopic (exact) mass is 167 g/mol. The minimum atomic E-state index is 0.362. The summed E-state index contributed by atoms with van der Waals surface area (Å²) in [6, 6.07) is 0. The fourth-order valence-electron chi connectivity index (χ4n) is 0.952. The van der Waals surface area contributed by atoms with Gasteiger partial charge in [-0.05, 0) is 11.8 Å². The third-order valence-corrected chi connectivity index (χ3v) is 1.74. The van der Waals surface area contributed by atoms with Crippen molar-refractivity contribution in [2.75, 3.05) is 5.73 Å². The minimum absolute atomic E-state index is 0.362. The maximum absolute atomic E-state index is 5.53. The largest absolute Gasteiger partial charge is 0.396 e. The molecule has 0 amide bonds. The summed E-state index contributed by atoms with van der Waals surface area (Å²) >= 11 is 0. The van der Waals surface area contributed by atoms with Gasteiger partial charge in [0, 0.05) is 12.7 Å². The van der Waals surface area contributed by atoms with Crippen LogP contribution in [0.4, 0.5) is 5.69 Å². The van der Waals surface area contributed by atoms with Gasteiger partial charge in [0.25, 0.3) is 0 Å². The SMILES string of the molecule is CC(C)(C)CCn1cc(N)cn1. The summed E-state index contributed by atoms with van der Waals surface area (Å²) in [5, 5.41) is 4.11. The number of nitrogens with zero attached hydrogens (tertiary/aromatic N) is 2. The molecule has 0 unspecified atom stereocenters. The van der Waals surface area contributed by atoms with Crippen LogP contribution in [0.2, 0.25) is 0 Å². The number of anilines is 1. The standard InChI is InChI=1S/C9H17N3/c1-9(2,3)4-5-12-7-8(10)6-11-12/h6-7H,4-5,10H2,1-3H3. The van der Waals surface area contributed by atoms with Crippen LogP contribution in [0.25, 0.3) is 0 Å². The number of hydrogen-bond donors (Lipinski definition) is 1. The van der Waals surface area contributed by atoms with Gasteiger partial charge in [-0.2, -0.15) is 5.10 Å². The Morgan fingerprint density at radius 2 is 2.17 bits per heavy atom. The second kappa shape index (κ2) is 3.17. The first-order chi connectivity index (χ1) is 5.47. The number of nitrogen functional groups attached to an aromatic ring is 1. The maximum Gasteiger partial charge on any atom is 0.0719 e. The van der Waals surface area contributed by atoms with Crippen LogP contribution in [0, 0.1) is 5.41 Å². The summed E-state index contributed by atoms with van der Waals surface area (Å²) in [7, 11) is 0. The second-order valence-electron chi connectivity index (χ2n) is 4.35. The Morgan fingerprint density at radius 3 is 2.58 bits per heavy atom. The molecule has 12 heavy (non-hydrogen) atoms. The molecule has 0 saturated heterocycles. The zero-order valence-corrected chi connectivity index (χ0v) is 8.04. The third-order valence-electron chi connectivity index (χ3n) is 1.74. The van der Waals surface area contributed by atoms with E-state index in [1.165, 1.54) is 0 Å². The minimum Gasteiger partial charge on any atom is -0.396 e. The molecule has 1 aromatic heterocycles. The highest BCUT2D eigenvalue weighted by molar-refractivity contribution is 5.30. The predicted molar refractivity (Wildman–Crippen MR) is 50.7 cm³/mol. The lowest BCUT2D eigenvalue weighted by molar-refractivity contribution is 0.341. The Balaban J connectivity index is 2.44. The van der Waals surface area contributed by atoms with Crippen LogP contribution in [-0.4, -0.2) is 9.78 Å². The molecule has 3 heteroatoms. The van der Waals surface area contributed by atoms with E-state index < -0.39 is 0 Å². The Kier molecular flexibility index (Phi) is 2.40. The summed E-state index contributed by atoms with van der Waals surface area (Å²) in [5.74, 6) is 0. The average molecular weight is 167 g/mol. The van der Waals surface area contributed by atoms with E-state index in [0.29, 0.717) is 5.41 Å². The van der Waals surface area contributed by atoms with E-state index in [2.05, 4.69) is 25.9 Å². The first-order valence-electron chi connectivity index (χ1n) is 4.25. The molecule has 3 nitrogen and oxygen atoms in total. The normalized spacial score (nSPS) is 11.9. The van der Waals surface area contributed by atoms with Crippen molar-refractivity contribution < 1.29 is 0 Å². The highest BCUT2D eigenvalue weighted by atomic mass is 15.3. The molecule has 68 valence electrons. The molecule has 0 aliphatic rings. The molecule has 0 aliphatic carbocycles. The van der Waals surface area contributed by atoms with E-state index in [-0.39, 0.29) is 0 Å². The molecule has 0 spiro atoms. The smallest absolute Gasteiger partial charge is 0.0719 e. The molecule has 0 bridgehead atoms. The predicted octanol–water partition coefficient (Wildman–Crippen LogP) is 1.90. The number of rotatable bonds is 2. The van der Waals surface area contributed by atoms with Crippen LogP contribution in [-0.2, 0) is 6.54 Å². The summed E-state index contributed by atoms with van der Waals surface area (Å²) in [6.07, 6.45) is 4.67. The molecule has 2 N–H and O–H groups in total.